The van der Waals surface area contributed by atoms with Gasteiger partial charge in [-0.15, -0.1) is 0 Å². The quantitative estimate of drug-likeness (QED) is 0.529. The van der Waals surface area contributed by atoms with Gasteiger partial charge in [-0.3, -0.25) is 9.89 Å². The molecule has 7 heteroatoms. The van der Waals surface area contributed by atoms with Crippen LogP contribution in [0.1, 0.15) is 46.0 Å². The van der Waals surface area contributed by atoms with Crippen molar-refractivity contribution in [3.8, 4) is 0 Å². The number of nitrogens with one attached hydrogen (secondary N) is 2. The maximum atomic E-state index is 12.2. The summed E-state index contributed by atoms with van der Waals surface area (Å²) < 4.78 is 36.7. The Labute approximate surface area is 137 Å². The van der Waals surface area contributed by atoms with Crippen LogP contribution in [-0.4, -0.2) is 56.3 Å². The van der Waals surface area contributed by atoms with Crippen LogP contribution in [0, 0.1) is 5.92 Å². The van der Waals surface area contributed by atoms with Gasteiger partial charge in [0, 0.05) is 26.2 Å². The second-order valence-corrected chi connectivity index (χ2v) is 6.13. The first-order valence-electron chi connectivity index (χ1n) is 8.66. The van der Waals surface area contributed by atoms with Crippen LogP contribution in [0.25, 0.3) is 0 Å². The third-order valence-electron chi connectivity index (χ3n) is 4.61. The number of guanidine groups is 1. The second kappa shape index (κ2) is 10.0. The maximum Gasteiger partial charge on any atom is 0.390 e. The monoisotopic (exact) mass is 336 g/mol. The van der Waals surface area contributed by atoms with Crippen molar-refractivity contribution in [2.24, 2.45) is 10.9 Å². The summed E-state index contributed by atoms with van der Waals surface area (Å²) in [5.41, 5.74) is 0. The van der Waals surface area contributed by atoms with Crippen molar-refractivity contribution in [2.75, 3.05) is 33.2 Å². The van der Waals surface area contributed by atoms with Gasteiger partial charge in [-0.2, -0.15) is 13.2 Å². The van der Waals surface area contributed by atoms with Gasteiger partial charge in [0.15, 0.2) is 5.96 Å². The van der Waals surface area contributed by atoms with Crippen LogP contribution in [0.4, 0.5) is 13.2 Å². The van der Waals surface area contributed by atoms with Crippen LogP contribution in [0.3, 0.4) is 0 Å². The first-order valence-corrected chi connectivity index (χ1v) is 8.66. The summed E-state index contributed by atoms with van der Waals surface area (Å²) in [7, 11) is 1.59. The molecule has 0 amide bonds. The van der Waals surface area contributed by atoms with Crippen molar-refractivity contribution in [1.82, 2.24) is 15.5 Å². The number of aliphatic imine (C=N–C) groups is 1. The smallest absolute Gasteiger partial charge is 0.356 e. The minimum Gasteiger partial charge on any atom is -0.356 e. The zero-order valence-electron chi connectivity index (χ0n) is 14.5. The number of likely N-dealkylation sites (tertiary alicyclic amines) is 1. The molecule has 1 unspecified atom stereocenters. The van der Waals surface area contributed by atoms with Crippen molar-refractivity contribution >= 4 is 5.96 Å². The molecule has 0 radical (unpaired) electrons. The Morgan fingerprint density at radius 2 is 1.74 bits per heavy atom. The largest absolute Gasteiger partial charge is 0.390 e. The summed E-state index contributed by atoms with van der Waals surface area (Å²) in [6.07, 6.45) is -0.307. The molecule has 1 atom stereocenters. The van der Waals surface area contributed by atoms with E-state index in [1.54, 1.807) is 7.05 Å². The molecule has 1 aliphatic heterocycles. The maximum absolute atomic E-state index is 12.2. The Balaban J connectivity index is 2.50. The van der Waals surface area contributed by atoms with Gasteiger partial charge < -0.3 is 10.6 Å². The Hall–Kier alpha value is -0.980. The van der Waals surface area contributed by atoms with Gasteiger partial charge in [0.1, 0.15) is 0 Å². The third kappa shape index (κ3) is 7.42. The molecule has 0 aromatic carbocycles. The Morgan fingerprint density at radius 3 is 2.22 bits per heavy atom. The standard InChI is InChI=1S/C16H31F3N4/c1-4-13(5-2)14(23-10-6-7-11-23)12-22-15(20-3)21-9-8-16(17,18)19/h13-14H,4-12H2,1-3H3,(H2,20,21,22). The molecule has 1 rings (SSSR count). The summed E-state index contributed by atoms with van der Waals surface area (Å²) in [4.78, 5) is 6.53. The van der Waals surface area contributed by atoms with Gasteiger partial charge in [0.05, 0.1) is 6.42 Å². The summed E-state index contributed by atoms with van der Waals surface area (Å²) in [5, 5.41) is 5.96. The van der Waals surface area contributed by atoms with Crippen molar-refractivity contribution < 1.29 is 13.2 Å². The van der Waals surface area contributed by atoms with Gasteiger partial charge in [-0.1, -0.05) is 26.7 Å². The molecule has 4 nitrogen and oxygen atoms in total. The summed E-state index contributed by atoms with van der Waals surface area (Å²) in [5.74, 6) is 1.04. The number of alkyl halides is 3. The second-order valence-electron chi connectivity index (χ2n) is 6.13. The lowest BCUT2D eigenvalue weighted by atomic mass is 9.93. The number of hydrogen-bond acceptors (Lipinski definition) is 2. The van der Waals surface area contributed by atoms with Crippen LogP contribution in [0.5, 0.6) is 0 Å². The molecule has 0 aromatic heterocycles. The molecule has 0 aromatic rings. The molecule has 136 valence electrons. The normalized spacial score (nSPS) is 18.5. The molecular weight excluding hydrogens is 305 g/mol. The summed E-state index contributed by atoms with van der Waals surface area (Å²) in [6.45, 7) is 7.20. The van der Waals surface area contributed by atoms with Crippen LogP contribution in [0.15, 0.2) is 4.99 Å². The van der Waals surface area contributed by atoms with Gasteiger partial charge >= 0.3 is 6.18 Å². The van der Waals surface area contributed by atoms with Crippen molar-refractivity contribution in [2.45, 2.75) is 58.2 Å². The lowest BCUT2D eigenvalue weighted by molar-refractivity contribution is -0.132. The van der Waals surface area contributed by atoms with E-state index in [-0.39, 0.29) is 6.54 Å². The van der Waals surface area contributed by atoms with E-state index >= 15 is 0 Å². The van der Waals surface area contributed by atoms with Crippen LogP contribution < -0.4 is 10.6 Å². The Morgan fingerprint density at radius 1 is 1.13 bits per heavy atom. The van der Waals surface area contributed by atoms with Gasteiger partial charge in [-0.05, 0) is 31.8 Å². The number of hydrogen-bond donors (Lipinski definition) is 2. The summed E-state index contributed by atoms with van der Waals surface area (Å²) in [6, 6.07) is 0.411. The van der Waals surface area contributed by atoms with Gasteiger partial charge in [0.2, 0.25) is 0 Å². The average Bonchev–Trinajstić information content (AvgIpc) is 3.02. The van der Waals surface area contributed by atoms with Crippen molar-refractivity contribution in [1.29, 1.82) is 0 Å². The molecule has 1 heterocycles. The highest BCUT2D eigenvalue weighted by Crippen LogP contribution is 2.22. The highest BCUT2D eigenvalue weighted by atomic mass is 19.4. The van der Waals surface area contributed by atoms with Crippen LogP contribution in [-0.2, 0) is 0 Å². The van der Waals surface area contributed by atoms with Crippen molar-refractivity contribution in [3.63, 3.8) is 0 Å². The first-order chi connectivity index (χ1) is 10.9. The minimum atomic E-state index is -4.14. The Bertz CT molecular complexity index is 346. The minimum absolute atomic E-state index is 0.150. The molecule has 0 saturated carbocycles. The van der Waals surface area contributed by atoms with E-state index in [0.29, 0.717) is 17.9 Å². The summed E-state index contributed by atoms with van der Waals surface area (Å²) >= 11 is 0. The molecule has 1 saturated heterocycles. The van der Waals surface area contributed by atoms with Crippen LogP contribution >= 0.6 is 0 Å². The molecular formula is C16H31F3N4. The molecule has 1 aliphatic rings. The van der Waals surface area contributed by atoms with E-state index in [0.717, 1.165) is 32.5 Å². The average molecular weight is 336 g/mol. The van der Waals surface area contributed by atoms with E-state index < -0.39 is 12.6 Å². The molecule has 0 aliphatic carbocycles. The zero-order chi connectivity index (χ0) is 17.3. The molecule has 23 heavy (non-hydrogen) atoms. The van der Waals surface area contributed by atoms with E-state index in [2.05, 4.69) is 34.4 Å². The lowest BCUT2D eigenvalue weighted by Gasteiger charge is -2.34. The topological polar surface area (TPSA) is 39.7 Å². The van der Waals surface area contributed by atoms with E-state index in [9.17, 15) is 13.2 Å². The van der Waals surface area contributed by atoms with E-state index in [1.165, 1.54) is 12.8 Å². The van der Waals surface area contributed by atoms with Gasteiger partial charge in [0.25, 0.3) is 0 Å². The highest BCUT2D eigenvalue weighted by molar-refractivity contribution is 5.79. The third-order valence-corrected chi connectivity index (χ3v) is 4.61. The van der Waals surface area contributed by atoms with Crippen LogP contribution in [0.2, 0.25) is 0 Å². The molecule has 2 N–H and O–H groups in total. The van der Waals surface area contributed by atoms with Crippen molar-refractivity contribution in [3.05, 3.63) is 0 Å². The number of nitrogens with zero attached hydrogens (tertiary/aromatic N) is 2. The lowest BCUT2D eigenvalue weighted by Crippen LogP contribution is -2.49. The van der Waals surface area contributed by atoms with E-state index in [4.69, 9.17) is 0 Å². The van der Waals surface area contributed by atoms with Gasteiger partial charge in [-0.25, -0.2) is 0 Å². The molecule has 0 spiro atoms. The predicted octanol–water partition coefficient (Wildman–Crippen LogP) is 3.00. The van der Waals surface area contributed by atoms with E-state index in [1.807, 2.05) is 0 Å². The molecule has 0 bridgehead atoms. The fourth-order valence-corrected chi connectivity index (χ4v) is 3.24. The molecule has 1 fully saturated rings. The number of rotatable bonds is 8. The zero-order valence-corrected chi connectivity index (χ0v) is 14.5. The first kappa shape index (κ1) is 20.1. The number of halogens is 3. The fourth-order valence-electron chi connectivity index (χ4n) is 3.24. The predicted molar refractivity (Wildman–Crippen MR) is 88.7 cm³/mol. The highest BCUT2D eigenvalue weighted by Gasteiger charge is 2.28. The fraction of sp³-hybridized carbons (Fsp3) is 0.938. The SMILES string of the molecule is CCC(CC)C(CNC(=NC)NCCC(F)(F)F)N1CCCC1. The Kier molecular flexibility index (Phi) is 8.73.